The minimum absolute atomic E-state index is 0.0114. The van der Waals surface area contributed by atoms with Crippen molar-refractivity contribution in [1.29, 1.82) is 0 Å². The van der Waals surface area contributed by atoms with Crippen molar-refractivity contribution in [3.8, 4) is 10.7 Å². The number of rotatable bonds is 3. The van der Waals surface area contributed by atoms with Gasteiger partial charge in [0.05, 0.1) is 4.88 Å². The van der Waals surface area contributed by atoms with Crippen LogP contribution < -0.4 is 5.32 Å². The molecule has 7 nitrogen and oxygen atoms in total. The highest BCUT2D eigenvalue weighted by molar-refractivity contribution is 7.13. The number of urea groups is 1. The normalized spacial score (nSPS) is 27.0. The van der Waals surface area contributed by atoms with E-state index in [9.17, 15) is 9.59 Å². The van der Waals surface area contributed by atoms with Crippen LogP contribution in [0.1, 0.15) is 38.5 Å². The fourth-order valence-electron chi connectivity index (χ4n) is 3.60. The van der Waals surface area contributed by atoms with Crippen molar-refractivity contribution in [1.82, 2.24) is 20.4 Å². The number of amides is 3. The number of hydrogen-bond acceptors (Lipinski definition) is 6. The predicted octanol–water partition coefficient (Wildman–Crippen LogP) is 2.80. The standard InChI is InChI=1S/C16H18N4O3S/c1-10-5-2-3-7-16(10)14(21)20(15(22)18-16)9-12-17-13(19-23-12)11-6-4-8-24-11/h4,6,8,10H,2-3,5,7,9H2,1H3,(H,18,22)/t10-,16+/m1/s1. The van der Waals surface area contributed by atoms with Gasteiger partial charge in [-0.2, -0.15) is 4.98 Å². The van der Waals surface area contributed by atoms with Gasteiger partial charge in [-0.25, -0.2) is 4.79 Å². The van der Waals surface area contributed by atoms with Gasteiger partial charge in [-0.15, -0.1) is 11.3 Å². The SMILES string of the molecule is C[C@@H]1CCCC[C@]12NC(=O)N(Cc1nc(-c3cccs3)no1)C2=O. The molecule has 4 rings (SSSR count). The number of thiophene rings is 1. The van der Waals surface area contributed by atoms with Crippen LogP contribution in [0.5, 0.6) is 0 Å². The Kier molecular flexibility index (Phi) is 3.64. The summed E-state index contributed by atoms with van der Waals surface area (Å²) in [4.78, 5) is 31.6. The zero-order valence-electron chi connectivity index (χ0n) is 13.3. The molecule has 0 unspecified atom stereocenters. The predicted molar refractivity (Wildman–Crippen MR) is 87.1 cm³/mol. The maximum absolute atomic E-state index is 12.9. The Labute approximate surface area is 143 Å². The maximum Gasteiger partial charge on any atom is 0.325 e. The quantitative estimate of drug-likeness (QED) is 0.863. The Morgan fingerprint density at radius 1 is 1.46 bits per heavy atom. The minimum Gasteiger partial charge on any atom is -0.337 e. The molecule has 0 radical (unpaired) electrons. The van der Waals surface area contributed by atoms with Crippen molar-refractivity contribution in [3.05, 3.63) is 23.4 Å². The van der Waals surface area contributed by atoms with Gasteiger partial charge in [-0.05, 0) is 30.2 Å². The third-order valence-corrected chi connectivity index (χ3v) is 5.87. The molecule has 1 saturated carbocycles. The van der Waals surface area contributed by atoms with Gasteiger partial charge in [0, 0.05) is 0 Å². The number of hydrogen-bond donors (Lipinski definition) is 1. The minimum atomic E-state index is -0.758. The Morgan fingerprint density at radius 3 is 3.08 bits per heavy atom. The number of nitrogens with zero attached hydrogens (tertiary/aromatic N) is 3. The van der Waals surface area contributed by atoms with Crippen molar-refractivity contribution in [2.24, 2.45) is 5.92 Å². The van der Waals surface area contributed by atoms with E-state index < -0.39 is 5.54 Å². The summed E-state index contributed by atoms with van der Waals surface area (Å²) in [5, 5.41) is 8.78. The molecule has 2 aromatic heterocycles. The molecule has 0 bridgehead atoms. The first kappa shape index (κ1) is 15.3. The first-order valence-corrected chi connectivity index (χ1v) is 8.99. The maximum atomic E-state index is 12.9. The average molecular weight is 346 g/mol. The van der Waals surface area contributed by atoms with Gasteiger partial charge >= 0.3 is 6.03 Å². The highest BCUT2D eigenvalue weighted by Crippen LogP contribution is 2.38. The van der Waals surface area contributed by atoms with E-state index in [1.807, 2.05) is 24.4 Å². The molecule has 1 N–H and O–H groups in total. The lowest BCUT2D eigenvalue weighted by atomic mass is 9.73. The van der Waals surface area contributed by atoms with Crippen LogP contribution in [0.2, 0.25) is 0 Å². The topological polar surface area (TPSA) is 88.3 Å². The van der Waals surface area contributed by atoms with Crippen LogP contribution in [0.4, 0.5) is 4.79 Å². The highest BCUT2D eigenvalue weighted by atomic mass is 32.1. The third-order valence-electron chi connectivity index (χ3n) is 5.00. The first-order chi connectivity index (χ1) is 11.6. The zero-order valence-corrected chi connectivity index (χ0v) is 14.1. The number of nitrogens with one attached hydrogen (secondary N) is 1. The van der Waals surface area contributed by atoms with E-state index in [2.05, 4.69) is 15.5 Å². The van der Waals surface area contributed by atoms with Gasteiger partial charge in [-0.3, -0.25) is 9.69 Å². The number of imide groups is 1. The van der Waals surface area contributed by atoms with Crippen molar-refractivity contribution in [2.75, 3.05) is 0 Å². The summed E-state index contributed by atoms with van der Waals surface area (Å²) in [7, 11) is 0. The molecule has 2 aromatic rings. The van der Waals surface area contributed by atoms with Crippen molar-refractivity contribution >= 4 is 23.3 Å². The van der Waals surface area contributed by atoms with Crippen LogP contribution in [0, 0.1) is 5.92 Å². The Hall–Kier alpha value is -2.22. The number of carbonyl (C=O) groups excluding carboxylic acids is 2. The fourth-order valence-corrected chi connectivity index (χ4v) is 4.25. The molecule has 1 spiro atoms. The molecule has 1 aliphatic heterocycles. The summed E-state index contributed by atoms with van der Waals surface area (Å²) in [6.45, 7) is 2.04. The van der Waals surface area contributed by atoms with Crippen molar-refractivity contribution in [3.63, 3.8) is 0 Å². The van der Waals surface area contributed by atoms with Crippen molar-refractivity contribution in [2.45, 2.75) is 44.7 Å². The smallest absolute Gasteiger partial charge is 0.325 e. The summed E-state index contributed by atoms with van der Waals surface area (Å²) >= 11 is 1.51. The molecule has 8 heteroatoms. The lowest BCUT2D eigenvalue weighted by Crippen LogP contribution is -2.53. The second-order valence-corrected chi connectivity index (χ2v) is 7.38. The van der Waals surface area contributed by atoms with Crippen LogP contribution in [0.15, 0.2) is 22.0 Å². The molecule has 0 aromatic carbocycles. The van der Waals surface area contributed by atoms with E-state index in [1.165, 1.54) is 16.2 Å². The molecule has 24 heavy (non-hydrogen) atoms. The van der Waals surface area contributed by atoms with Gasteiger partial charge in [0.15, 0.2) is 0 Å². The van der Waals surface area contributed by atoms with E-state index in [1.54, 1.807) is 0 Å². The van der Waals surface area contributed by atoms with E-state index in [4.69, 9.17) is 4.52 Å². The third kappa shape index (κ3) is 2.32. The monoisotopic (exact) mass is 346 g/mol. The average Bonchev–Trinajstić information content (AvgIpc) is 3.28. The Balaban J connectivity index is 1.55. The van der Waals surface area contributed by atoms with Gasteiger partial charge in [0.2, 0.25) is 11.7 Å². The molecule has 2 fully saturated rings. The second-order valence-electron chi connectivity index (χ2n) is 6.43. The largest absolute Gasteiger partial charge is 0.337 e. The summed E-state index contributed by atoms with van der Waals surface area (Å²) < 4.78 is 5.22. The number of carbonyl (C=O) groups is 2. The van der Waals surface area contributed by atoms with Crippen LogP contribution in [0.3, 0.4) is 0 Å². The lowest BCUT2D eigenvalue weighted by molar-refractivity contribution is -0.134. The molecule has 2 aliphatic rings. The molecular formula is C16H18N4O3S. The van der Waals surface area contributed by atoms with E-state index >= 15 is 0 Å². The van der Waals surface area contributed by atoms with E-state index in [0.29, 0.717) is 12.2 Å². The highest BCUT2D eigenvalue weighted by Gasteiger charge is 2.55. The van der Waals surface area contributed by atoms with E-state index in [0.717, 1.165) is 24.1 Å². The lowest BCUT2D eigenvalue weighted by Gasteiger charge is -2.36. The summed E-state index contributed by atoms with van der Waals surface area (Å²) in [5.41, 5.74) is -0.758. The van der Waals surface area contributed by atoms with Gasteiger partial charge in [-0.1, -0.05) is 31.0 Å². The number of aromatic nitrogens is 2. The molecule has 3 heterocycles. The first-order valence-electron chi connectivity index (χ1n) is 8.11. The molecule has 1 saturated heterocycles. The summed E-state index contributed by atoms with van der Waals surface area (Å²) in [5.74, 6) is 0.711. The van der Waals surface area contributed by atoms with Gasteiger partial charge in [0.25, 0.3) is 5.91 Å². The molecule has 3 amide bonds. The fraction of sp³-hybridized carbons (Fsp3) is 0.500. The van der Waals surface area contributed by atoms with E-state index in [-0.39, 0.29) is 30.3 Å². The van der Waals surface area contributed by atoms with Crippen LogP contribution in [-0.4, -0.2) is 32.5 Å². The van der Waals surface area contributed by atoms with Gasteiger partial charge in [0.1, 0.15) is 12.1 Å². The zero-order chi connectivity index (χ0) is 16.7. The van der Waals surface area contributed by atoms with Crippen LogP contribution in [-0.2, 0) is 11.3 Å². The molecule has 126 valence electrons. The van der Waals surface area contributed by atoms with Crippen LogP contribution >= 0.6 is 11.3 Å². The van der Waals surface area contributed by atoms with Gasteiger partial charge < -0.3 is 9.84 Å². The summed E-state index contributed by atoms with van der Waals surface area (Å²) in [6, 6.07) is 3.43. The van der Waals surface area contributed by atoms with Crippen LogP contribution in [0.25, 0.3) is 10.7 Å². The molecule has 1 aliphatic carbocycles. The molecule has 2 atom stereocenters. The van der Waals surface area contributed by atoms with Crippen molar-refractivity contribution < 1.29 is 14.1 Å². The Bertz CT molecular complexity index is 772. The summed E-state index contributed by atoms with van der Waals surface area (Å²) in [6.07, 6.45) is 3.69. The Morgan fingerprint density at radius 2 is 2.33 bits per heavy atom. The second kappa shape index (κ2) is 5.70. The molecular weight excluding hydrogens is 328 g/mol.